The average molecular weight is 405 g/mol. The molecule has 3 N–H and O–H groups in total. The molecule has 0 radical (unpaired) electrons. The van der Waals surface area contributed by atoms with E-state index in [0.29, 0.717) is 23.7 Å². The minimum Gasteiger partial charge on any atom is -0.504 e. The molecule has 0 saturated carbocycles. The number of alkyl carbamates (subject to hydrolysis) is 1. The molecule has 2 aromatic carbocycles. The van der Waals surface area contributed by atoms with Crippen LogP contribution in [-0.2, 0) is 11.2 Å². The summed E-state index contributed by atoms with van der Waals surface area (Å²) in [6.45, 7) is 0.673. The fraction of sp³-hybridized carbons (Fsp3) is 0.222. The van der Waals surface area contributed by atoms with E-state index in [1.54, 1.807) is 12.1 Å². The molecule has 3 rings (SSSR count). The van der Waals surface area contributed by atoms with E-state index in [4.69, 9.17) is 16.3 Å². The summed E-state index contributed by atoms with van der Waals surface area (Å²) < 4.78 is 5.13. The van der Waals surface area contributed by atoms with E-state index in [9.17, 15) is 15.0 Å². The summed E-state index contributed by atoms with van der Waals surface area (Å²) in [7, 11) is 0. The first-order chi connectivity index (χ1) is 13.5. The van der Waals surface area contributed by atoms with Gasteiger partial charge < -0.3 is 20.3 Å². The number of halogens is 1. The van der Waals surface area contributed by atoms with Crippen LogP contribution in [0, 0.1) is 0 Å². The largest absolute Gasteiger partial charge is 0.504 e. The zero-order chi connectivity index (χ0) is 20.0. The third-order valence-corrected chi connectivity index (χ3v) is 4.47. The monoisotopic (exact) mass is 404 g/mol. The molecule has 0 aliphatic carbocycles. The normalized spacial score (nSPS) is 17.6. The molecule has 1 heterocycles. The molecule has 9 nitrogen and oxygen atoms in total. The Morgan fingerprint density at radius 3 is 2.71 bits per heavy atom. The Morgan fingerprint density at radius 2 is 2.00 bits per heavy atom. The van der Waals surface area contributed by atoms with Gasteiger partial charge in [0.05, 0.1) is 5.22 Å². The quantitative estimate of drug-likeness (QED) is 0.484. The van der Waals surface area contributed by atoms with Crippen molar-refractivity contribution in [2.75, 3.05) is 19.7 Å². The lowest BCUT2D eigenvalue weighted by Gasteiger charge is -2.22. The minimum atomic E-state index is -0.576. The van der Waals surface area contributed by atoms with Crippen LogP contribution in [0.4, 0.5) is 10.5 Å². The molecule has 10 heteroatoms. The highest BCUT2D eigenvalue weighted by Gasteiger charge is 2.36. The number of carbonyl (C=O) groups excluding carboxylic acids is 1. The number of nitrogens with one attached hydrogen (secondary N) is 1. The van der Waals surface area contributed by atoms with Crippen molar-refractivity contribution in [2.24, 2.45) is 15.5 Å². The first kappa shape index (κ1) is 19.6. The van der Waals surface area contributed by atoms with E-state index in [1.807, 2.05) is 18.2 Å². The van der Waals surface area contributed by atoms with E-state index in [0.717, 1.165) is 5.56 Å². The number of nitrogens with zero attached hydrogens (tertiary/aromatic N) is 4. The SMILES string of the molecule is O=C(NCCc1ccc(O)c(O)c1)OCC[N+]1(c2ccccc2Cl)C=NN=N1. The molecule has 0 bridgehead atoms. The van der Waals surface area contributed by atoms with Crippen LogP contribution in [0.15, 0.2) is 58.0 Å². The van der Waals surface area contributed by atoms with E-state index in [1.165, 1.54) is 18.5 Å². The molecule has 1 unspecified atom stereocenters. The first-order valence-corrected chi connectivity index (χ1v) is 8.89. The summed E-state index contributed by atoms with van der Waals surface area (Å²) in [6, 6.07) is 11.7. The van der Waals surface area contributed by atoms with Gasteiger partial charge in [-0.3, -0.25) is 0 Å². The van der Waals surface area contributed by atoms with E-state index >= 15 is 0 Å². The van der Waals surface area contributed by atoms with E-state index in [-0.39, 0.29) is 29.2 Å². The van der Waals surface area contributed by atoms with Crippen LogP contribution >= 0.6 is 11.6 Å². The number of carbonyl (C=O) groups is 1. The molecule has 0 saturated heterocycles. The van der Waals surface area contributed by atoms with Gasteiger partial charge in [-0.2, -0.15) is 0 Å². The molecule has 28 heavy (non-hydrogen) atoms. The number of hydrogen-bond acceptors (Lipinski definition) is 7. The maximum absolute atomic E-state index is 11.9. The maximum Gasteiger partial charge on any atom is 0.407 e. The van der Waals surface area contributed by atoms with Gasteiger partial charge in [-0.15, -0.1) is 0 Å². The van der Waals surface area contributed by atoms with Crippen molar-refractivity contribution in [3.8, 4) is 11.5 Å². The number of rotatable bonds is 7. The summed E-state index contributed by atoms with van der Waals surface area (Å²) in [6.07, 6.45) is 1.43. The van der Waals surface area contributed by atoms with Crippen molar-refractivity contribution in [3.63, 3.8) is 0 Å². The predicted molar refractivity (Wildman–Crippen MR) is 104 cm³/mol. The fourth-order valence-electron chi connectivity index (χ4n) is 2.69. The molecule has 1 atom stereocenters. The molecular formula is C18H19ClN5O4+. The number of para-hydroxylation sites is 1. The van der Waals surface area contributed by atoms with Crippen LogP contribution < -0.4 is 9.91 Å². The van der Waals surface area contributed by atoms with Gasteiger partial charge in [-0.25, -0.2) is 4.79 Å². The number of hydrogen-bond donors (Lipinski definition) is 3. The maximum atomic E-state index is 11.9. The van der Waals surface area contributed by atoms with Gasteiger partial charge in [0, 0.05) is 17.8 Å². The van der Waals surface area contributed by atoms with Crippen molar-refractivity contribution in [2.45, 2.75) is 6.42 Å². The van der Waals surface area contributed by atoms with Crippen molar-refractivity contribution in [1.82, 2.24) is 9.91 Å². The lowest BCUT2D eigenvalue weighted by molar-refractivity contribution is 0.139. The molecule has 0 aromatic heterocycles. The van der Waals surface area contributed by atoms with Crippen LogP contribution in [0.1, 0.15) is 5.56 Å². The zero-order valence-corrected chi connectivity index (χ0v) is 15.6. The molecule has 0 spiro atoms. The molecule has 1 aliphatic rings. The zero-order valence-electron chi connectivity index (χ0n) is 14.8. The van der Waals surface area contributed by atoms with Gasteiger partial charge in [0.2, 0.25) is 6.34 Å². The van der Waals surface area contributed by atoms with E-state index in [2.05, 4.69) is 20.9 Å². The second kappa shape index (κ2) is 8.68. The fourth-order valence-corrected chi connectivity index (χ4v) is 2.97. The predicted octanol–water partition coefficient (Wildman–Crippen LogP) is 3.35. The van der Waals surface area contributed by atoms with E-state index < -0.39 is 6.09 Å². The highest BCUT2D eigenvalue weighted by atomic mass is 35.5. The Bertz CT molecular complexity index is 907. The van der Waals surface area contributed by atoms with Crippen molar-refractivity contribution in [3.05, 3.63) is 53.1 Å². The molecule has 2 aromatic rings. The molecule has 1 amide bonds. The molecular weight excluding hydrogens is 386 g/mol. The number of phenolic OH excluding ortho intramolecular Hbond substituents is 2. The standard InChI is InChI=1S/C18H18ClN5O4/c19-14-3-1-2-4-15(14)24(12-21-22-23-24)9-10-28-18(27)20-8-7-13-5-6-16(25)17(26)11-13/h1-6,11-12H,7-10H2,(H2-,20,22,23,25,26,27)/p+1. The Labute approximate surface area is 166 Å². The van der Waals surface area contributed by atoms with Gasteiger partial charge in [0.1, 0.15) is 11.6 Å². The highest BCUT2D eigenvalue weighted by molar-refractivity contribution is 6.33. The lowest BCUT2D eigenvalue weighted by atomic mass is 10.1. The van der Waals surface area contributed by atoms with Crippen molar-refractivity contribution >= 4 is 29.7 Å². The summed E-state index contributed by atoms with van der Waals surface area (Å²) >= 11 is 6.25. The van der Waals surface area contributed by atoms with Gasteiger partial charge in [-0.05, 0) is 30.2 Å². The Hall–Kier alpha value is -3.17. The molecule has 1 aliphatic heterocycles. The number of amides is 1. The second-order valence-corrected chi connectivity index (χ2v) is 6.45. The molecule has 0 fully saturated rings. The summed E-state index contributed by atoms with van der Waals surface area (Å²) in [5, 5.41) is 33.5. The highest BCUT2D eigenvalue weighted by Crippen LogP contribution is 2.32. The average Bonchev–Trinajstić information content (AvgIpc) is 3.15. The minimum absolute atomic E-state index is 0.0715. The second-order valence-electron chi connectivity index (χ2n) is 6.05. The van der Waals surface area contributed by atoms with Gasteiger partial charge in [0.15, 0.2) is 23.7 Å². The first-order valence-electron chi connectivity index (χ1n) is 8.51. The Kier molecular flexibility index (Phi) is 6.07. The number of ether oxygens (including phenoxy) is 1. The Morgan fingerprint density at radius 1 is 1.18 bits per heavy atom. The van der Waals surface area contributed by atoms with Crippen LogP contribution in [0.25, 0.3) is 0 Å². The Balaban J connectivity index is 1.48. The number of aromatic hydroxyl groups is 2. The third kappa shape index (κ3) is 4.56. The summed E-state index contributed by atoms with van der Waals surface area (Å²) in [5.41, 5.74) is 1.46. The van der Waals surface area contributed by atoms with Crippen molar-refractivity contribution < 1.29 is 19.7 Å². The van der Waals surface area contributed by atoms with Gasteiger partial charge >= 0.3 is 6.09 Å². The van der Waals surface area contributed by atoms with Crippen LogP contribution in [0.5, 0.6) is 11.5 Å². The van der Waals surface area contributed by atoms with Gasteiger partial charge in [-0.1, -0.05) is 39.5 Å². The van der Waals surface area contributed by atoms with Crippen molar-refractivity contribution in [1.29, 1.82) is 0 Å². The lowest BCUT2D eigenvalue weighted by Crippen LogP contribution is -2.44. The van der Waals surface area contributed by atoms with Crippen LogP contribution in [0.3, 0.4) is 0 Å². The number of benzene rings is 2. The van der Waals surface area contributed by atoms with Gasteiger partial charge in [0.25, 0.3) is 0 Å². The number of phenols is 2. The topological polar surface area (TPSA) is 116 Å². The summed E-state index contributed by atoms with van der Waals surface area (Å²) in [5.74, 6) is -0.385. The van der Waals surface area contributed by atoms with Crippen LogP contribution in [-0.4, -0.2) is 42.3 Å². The number of quaternary nitrogens is 1. The molecule has 146 valence electrons. The third-order valence-electron chi connectivity index (χ3n) is 4.15. The summed E-state index contributed by atoms with van der Waals surface area (Å²) in [4.78, 5) is 11.9. The smallest absolute Gasteiger partial charge is 0.407 e. The van der Waals surface area contributed by atoms with Crippen LogP contribution in [0.2, 0.25) is 5.02 Å².